The highest BCUT2D eigenvalue weighted by atomic mass is 14.8. The van der Waals surface area contributed by atoms with Crippen molar-refractivity contribution in [3.8, 4) is 89.3 Å². The lowest BCUT2D eigenvalue weighted by molar-refractivity contribution is 0.763. The molecule has 426 valence electrons. The molecule has 0 radical (unpaired) electrons. The zero-order valence-corrected chi connectivity index (χ0v) is 50.2. The molecule has 2 bridgehead atoms. The first-order valence-corrected chi connectivity index (χ1v) is 32.0. The fourth-order valence-corrected chi connectivity index (χ4v) is 15.8. The fraction of sp³-hybridized carbons (Fsp3) is 0.0222. The Hall–Kier alpha value is -11.8. The summed E-state index contributed by atoms with van der Waals surface area (Å²) in [5.74, 6) is -0.372. The molecule has 2 heteroatoms. The number of nitrogens with zero attached hydrogens (tertiary/aromatic N) is 2. The molecule has 0 saturated carbocycles. The van der Waals surface area contributed by atoms with Crippen LogP contribution in [0.4, 0.5) is 0 Å². The number of pyridine rings is 2. The number of aromatic nitrogens is 2. The lowest BCUT2D eigenvalue weighted by Gasteiger charge is -2.44. The third kappa shape index (κ3) is 8.27. The summed E-state index contributed by atoms with van der Waals surface area (Å²) in [6.07, 6.45) is 0. The fourth-order valence-electron chi connectivity index (χ4n) is 15.8. The molecular formula is C90H56N2. The maximum Gasteiger partial charge on any atom is 0.0754 e. The van der Waals surface area contributed by atoms with E-state index in [4.69, 9.17) is 9.97 Å². The van der Waals surface area contributed by atoms with Gasteiger partial charge in [-0.2, -0.15) is 0 Å². The molecule has 2 unspecified atom stereocenters. The topological polar surface area (TPSA) is 25.8 Å². The van der Waals surface area contributed by atoms with E-state index in [2.05, 4.69) is 328 Å². The SMILES string of the molecule is c1ccc(-c2ccc(-c3nc4cc5c(ccc6cc(-c7ccccc7)cc(-c7ccccc7)c65)cc4c4c3C3c5ccccc5C4c4c(-c5ccc(-c6ccccc6)cc5)nc5cc6c(ccc7cc(-c8ccccc8)cc(-c8ccccc8)c76)cc5c43)cc2)cc1. The van der Waals surface area contributed by atoms with Crippen molar-refractivity contribution in [1.29, 1.82) is 0 Å². The molecule has 2 atom stereocenters. The molecule has 0 aliphatic heterocycles. The van der Waals surface area contributed by atoms with Gasteiger partial charge in [0.15, 0.2) is 0 Å². The molecule has 17 aromatic rings. The van der Waals surface area contributed by atoms with Gasteiger partial charge in [-0.15, -0.1) is 0 Å². The zero-order valence-electron chi connectivity index (χ0n) is 50.2. The van der Waals surface area contributed by atoms with Crippen molar-refractivity contribution in [3.63, 3.8) is 0 Å². The van der Waals surface area contributed by atoms with Gasteiger partial charge in [-0.3, -0.25) is 0 Å². The first-order chi connectivity index (χ1) is 45.6. The van der Waals surface area contributed by atoms with E-state index >= 15 is 0 Å². The molecule has 0 fully saturated rings. The summed E-state index contributed by atoms with van der Waals surface area (Å²) in [5.41, 5.74) is 28.3. The molecule has 20 rings (SSSR count). The van der Waals surface area contributed by atoms with Crippen LogP contribution in [0.15, 0.2) is 328 Å². The second kappa shape index (κ2) is 20.9. The van der Waals surface area contributed by atoms with Crippen LogP contribution in [-0.2, 0) is 0 Å². The molecule has 2 aromatic heterocycles. The zero-order chi connectivity index (χ0) is 60.4. The van der Waals surface area contributed by atoms with Crippen LogP contribution in [0, 0.1) is 0 Å². The van der Waals surface area contributed by atoms with Crippen molar-refractivity contribution in [2.45, 2.75) is 11.8 Å². The normalized spacial score (nSPS) is 13.9. The third-order valence-electron chi connectivity index (χ3n) is 19.9. The highest BCUT2D eigenvalue weighted by Gasteiger charge is 2.47. The Morgan fingerprint density at radius 3 is 0.848 bits per heavy atom. The number of hydrogen-bond acceptors (Lipinski definition) is 2. The molecule has 0 amide bonds. The maximum atomic E-state index is 6.09. The van der Waals surface area contributed by atoms with E-state index in [9.17, 15) is 0 Å². The van der Waals surface area contributed by atoms with Crippen LogP contribution in [0.2, 0.25) is 0 Å². The van der Waals surface area contributed by atoms with Crippen molar-refractivity contribution in [1.82, 2.24) is 9.97 Å². The molecule has 15 aromatic carbocycles. The molecule has 2 heterocycles. The summed E-state index contributed by atoms with van der Waals surface area (Å²) in [5, 5.41) is 11.9. The maximum absolute atomic E-state index is 6.09. The Balaban J connectivity index is 0.918. The summed E-state index contributed by atoms with van der Waals surface area (Å²) in [7, 11) is 0. The van der Waals surface area contributed by atoms with Crippen LogP contribution in [0.5, 0.6) is 0 Å². The smallest absolute Gasteiger partial charge is 0.0754 e. The van der Waals surface area contributed by atoms with Crippen molar-refractivity contribution < 1.29 is 0 Å². The van der Waals surface area contributed by atoms with Crippen LogP contribution < -0.4 is 0 Å². The quantitative estimate of drug-likeness (QED) is 0.112. The Morgan fingerprint density at radius 1 is 0.196 bits per heavy atom. The summed E-state index contributed by atoms with van der Waals surface area (Å²) in [6, 6.07) is 121. The van der Waals surface area contributed by atoms with Crippen molar-refractivity contribution in [2.75, 3.05) is 0 Å². The van der Waals surface area contributed by atoms with Crippen molar-refractivity contribution in [3.05, 3.63) is 361 Å². The lowest BCUT2D eigenvalue weighted by Crippen LogP contribution is -2.30. The van der Waals surface area contributed by atoms with Gasteiger partial charge in [-0.25, -0.2) is 9.97 Å². The Labute approximate surface area is 533 Å². The van der Waals surface area contributed by atoms with Crippen molar-refractivity contribution >= 4 is 64.9 Å². The summed E-state index contributed by atoms with van der Waals surface area (Å²) >= 11 is 0. The van der Waals surface area contributed by atoms with E-state index in [1.165, 1.54) is 154 Å². The summed E-state index contributed by atoms with van der Waals surface area (Å²) in [6.45, 7) is 0. The van der Waals surface area contributed by atoms with E-state index < -0.39 is 0 Å². The Kier molecular flexibility index (Phi) is 11.8. The Morgan fingerprint density at radius 2 is 0.489 bits per heavy atom. The molecule has 3 aliphatic rings. The number of rotatable bonds is 8. The van der Waals surface area contributed by atoms with Gasteiger partial charge in [0.25, 0.3) is 0 Å². The van der Waals surface area contributed by atoms with Gasteiger partial charge in [0.05, 0.1) is 22.4 Å². The molecule has 0 N–H and O–H groups in total. The van der Waals surface area contributed by atoms with Gasteiger partial charge < -0.3 is 0 Å². The van der Waals surface area contributed by atoms with E-state index in [-0.39, 0.29) is 11.8 Å². The first kappa shape index (κ1) is 52.1. The lowest BCUT2D eigenvalue weighted by atomic mass is 9.58. The molecular weight excluding hydrogens is 1110 g/mol. The van der Waals surface area contributed by atoms with Gasteiger partial charge in [-0.1, -0.05) is 279 Å². The predicted molar refractivity (Wildman–Crippen MR) is 385 cm³/mol. The van der Waals surface area contributed by atoms with Crippen LogP contribution in [-0.4, -0.2) is 9.97 Å². The second-order valence-electron chi connectivity index (χ2n) is 25.0. The van der Waals surface area contributed by atoms with E-state index in [1.54, 1.807) is 0 Å². The highest BCUT2D eigenvalue weighted by molar-refractivity contribution is 6.21. The van der Waals surface area contributed by atoms with Crippen LogP contribution >= 0.6 is 0 Å². The average molecular weight is 1170 g/mol. The van der Waals surface area contributed by atoms with Crippen LogP contribution in [0.25, 0.3) is 154 Å². The highest BCUT2D eigenvalue weighted by Crippen LogP contribution is 2.62. The predicted octanol–water partition coefficient (Wildman–Crippen LogP) is 23.7. The largest absolute Gasteiger partial charge is 0.247 e. The minimum atomic E-state index is -0.186. The minimum absolute atomic E-state index is 0.186. The number of hydrogen-bond donors (Lipinski definition) is 0. The molecule has 0 spiro atoms. The van der Waals surface area contributed by atoms with E-state index in [1.807, 2.05) is 0 Å². The Bertz CT molecular complexity index is 5450. The van der Waals surface area contributed by atoms with E-state index in [0.29, 0.717) is 0 Å². The van der Waals surface area contributed by atoms with Crippen LogP contribution in [0.1, 0.15) is 45.2 Å². The number of fused-ring (bicyclic) bond motifs is 8. The van der Waals surface area contributed by atoms with Gasteiger partial charge in [0, 0.05) is 33.7 Å². The number of benzene rings is 15. The van der Waals surface area contributed by atoms with Gasteiger partial charge in [0.1, 0.15) is 0 Å². The molecule has 92 heavy (non-hydrogen) atoms. The van der Waals surface area contributed by atoms with Crippen molar-refractivity contribution in [2.24, 2.45) is 0 Å². The van der Waals surface area contributed by atoms with Gasteiger partial charge in [-0.05, 0) is 192 Å². The second-order valence-corrected chi connectivity index (χ2v) is 25.0. The van der Waals surface area contributed by atoms with Crippen LogP contribution in [0.3, 0.4) is 0 Å². The molecule has 3 aliphatic carbocycles. The van der Waals surface area contributed by atoms with E-state index in [0.717, 1.165) is 33.5 Å². The minimum Gasteiger partial charge on any atom is -0.247 e. The van der Waals surface area contributed by atoms with Gasteiger partial charge in [0.2, 0.25) is 0 Å². The summed E-state index contributed by atoms with van der Waals surface area (Å²) in [4.78, 5) is 12.2. The monoisotopic (exact) mass is 1160 g/mol. The third-order valence-corrected chi connectivity index (χ3v) is 19.9. The first-order valence-electron chi connectivity index (χ1n) is 32.0. The summed E-state index contributed by atoms with van der Waals surface area (Å²) < 4.78 is 0. The molecule has 2 nitrogen and oxygen atoms in total. The molecule has 0 saturated heterocycles. The standard InChI is InChI=1S/C90H56N2/c1-7-21-55(22-8-1)59-35-39-63(40-36-59)89-87-83-71-33-19-20-34-72(71)84(85(87)77-49-65-43-45-67-47-69(57-25-11-3-12-26-57)51-73(61-29-15-5-16-30-61)81(67)75(65)53-79(77)91-89)88-86(83)78-50-66-44-46-68-48-70(58-27-13-4-14-28-58)52-74(62-31-17-6-18-32-62)82(68)76(66)54-80(78)92-90(88)64-41-37-60(38-42-64)56-23-9-2-10-24-56/h1-54,83-84H. The van der Waals surface area contributed by atoms with Gasteiger partial charge >= 0.3 is 0 Å². The average Bonchev–Trinajstić information content (AvgIpc) is 0.674.